The summed E-state index contributed by atoms with van der Waals surface area (Å²) in [6, 6.07) is 15.8. The predicted molar refractivity (Wildman–Crippen MR) is 88.7 cm³/mol. The van der Waals surface area contributed by atoms with Crippen molar-refractivity contribution in [3.8, 4) is 11.1 Å². The van der Waals surface area contributed by atoms with Crippen LogP contribution in [-0.4, -0.2) is 23.7 Å². The summed E-state index contributed by atoms with van der Waals surface area (Å²) < 4.78 is 35.6. The van der Waals surface area contributed by atoms with Gasteiger partial charge in [-0.25, -0.2) is 4.98 Å². The first-order valence-corrected chi connectivity index (χ1v) is 8.92. The Bertz CT molecular complexity index is 880. The minimum absolute atomic E-state index is 0.238. The van der Waals surface area contributed by atoms with Crippen LogP contribution in [0.25, 0.3) is 22.2 Å². The number of hydrogen-bond donors (Lipinski definition) is 1. The second-order valence-corrected chi connectivity index (χ2v) is 7.21. The van der Waals surface area contributed by atoms with E-state index in [1.165, 1.54) is 11.1 Å². The van der Waals surface area contributed by atoms with Gasteiger partial charge in [0.15, 0.2) is 11.5 Å². The number of benzene rings is 2. The van der Waals surface area contributed by atoms with E-state index in [1.807, 2.05) is 18.2 Å². The number of hydrogen-bond acceptors (Lipinski definition) is 4. The summed E-state index contributed by atoms with van der Waals surface area (Å²) >= 11 is 0. The predicted octanol–water partition coefficient (Wildman–Crippen LogP) is 3.56. The molecule has 2 aliphatic rings. The monoisotopic (exact) mass is 331 g/mol. The first kappa shape index (κ1) is 15.7. The maximum atomic E-state index is 10.7. The van der Waals surface area contributed by atoms with Crippen molar-refractivity contribution in [1.29, 1.82) is 0 Å². The molecule has 1 aromatic carbocycles. The van der Waals surface area contributed by atoms with Gasteiger partial charge in [0.1, 0.15) is 5.52 Å². The molecule has 120 valence electrons. The first-order chi connectivity index (χ1) is 10.9. The summed E-state index contributed by atoms with van der Waals surface area (Å²) in [5.41, 5.74) is 4.29. The second-order valence-electron chi connectivity index (χ2n) is 5.71. The van der Waals surface area contributed by atoms with E-state index in [1.54, 1.807) is 13.0 Å². The molecule has 4 rings (SSSR count). The molecular formula is C17H17NO4S. The van der Waals surface area contributed by atoms with Crippen molar-refractivity contribution in [1.82, 2.24) is 4.98 Å². The largest absolute Gasteiger partial charge is 0.441 e. The third-order valence-electron chi connectivity index (χ3n) is 3.47. The SMILES string of the molecule is CC(Cc1nc2ccccc2o1)CS(=O)(=O)O.c1cc2cc-2c1. The van der Waals surface area contributed by atoms with E-state index in [0.29, 0.717) is 17.9 Å². The molecule has 0 bridgehead atoms. The topological polar surface area (TPSA) is 80.4 Å². The van der Waals surface area contributed by atoms with Gasteiger partial charge in [-0.05, 0) is 35.2 Å². The number of oxazole rings is 1. The van der Waals surface area contributed by atoms with Gasteiger partial charge >= 0.3 is 0 Å². The molecule has 1 aromatic heterocycles. The molecule has 1 heterocycles. The Morgan fingerprint density at radius 2 is 1.83 bits per heavy atom. The molecule has 0 fully saturated rings. The summed E-state index contributed by atoms with van der Waals surface area (Å²) in [5, 5.41) is 0. The Kier molecular flexibility index (Phi) is 4.19. The molecule has 6 heteroatoms. The number of rotatable bonds is 4. The minimum Gasteiger partial charge on any atom is -0.441 e. The van der Waals surface area contributed by atoms with Gasteiger partial charge < -0.3 is 4.42 Å². The highest BCUT2D eigenvalue weighted by Crippen LogP contribution is 2.32. The number of para-hydroxylation sites is 2. The summed E-state index contributed by atoms with van der Waals surface area (Å²) in [7, 11) is -3.94. The fraction of sp³-hybridized carbons (Fsp3) is 0.235. The number of nitrogens with zero attached hydrogens (tertiary/aromatic N) is 1. The third-order valence-corrected chi connectivity index (χ3v) is 4.46. The highest BCUT2D eigenvalue weighted by atomic mass is 32.2. The summed E-state index contributed by atoms with van der Waals surface area (Å²) in [5.74, 6) is -0.0356. The van der Waals surface area contributed by atoms with E-state index >= 15 is 0 Å². The Hall–Kier alpha value is -2.18. The van der Waals surface area contributed by atoms with Crippen LogP contribution >= 0.6 is 0 Å². The maximum Gasteiger partial charge on any atom is 0.265 e. The molecule has 0 aliphatic heterocycles. The average Bonchev–Trinajstić information content (AvgIpc) is 2.89. The normalized spacial score (nSPS) is 13.3. The van der Waals surface area contributed by atoms with Crippen molar-refractivity contribution >= 4 is 21.2 Å². The van der Waals surface area contributed by atoms with Crippen LogP contribution in [0.1, 0.15) is 12.8 Å². The van der Waals surface area contributed by atoms with Gasteiger partial charge in [0, 0.05) is 6.42 Å². The fourth-order valence-electron chi connectivity index (χ4n) is 2.40. The van der Waals surface area contributed by atoms with Gasteiger partial charge in [-0.1, -0.05) is 37.3 Å². The fourth-order valence-corrected chi connectivity index (χ4v) is 3.24. The lowest BCUT2D eigenvalue weighted by atomic mass is 10.1. The molecular weight excluding hydrogens is 314 g/mol. The van der Waals surface area contributed by atoms with E-state index in [-0.39, 0.29) is 11.7 Å². The van der Waals surface area contributed by atoms with Crippen LogP contribution in [0.5, 0.6) is 0 Å². The van der Waals surface area contributed by atoms with Crippen molar-refractivity contribution in [3.05, 3.63) is 54.4 Å². The van der Waals surface area contributed by atoms with Crippen LogP contribution in [0.3, 0.4) is 0 Å². The zero-order valence-corrected chi connectivity index (χ0v) is 13.5. The molecule has 5 nitrogen and oxygen atoms in total. The molecule has 0 radical (unpaired) electrons. The van der Waals surface area contributed by atoms with Gasteiger partial charge in [0.25, 0.3) is 10.1 Å². The number of fused-ring (bicyclic) bond motifs is 2. The van der Waals surface area contributed by atoms with Crippen molar-refractivity contribution < 1.29 is 17.4 Å². The molecule has 1 atom stereocenters. The van der Waals surface area contributed by atoms with Crippen molar-refractivity contribution in [2.45, 2.75) is 13.3 Å². The Labute approximate surface area is 134 Å². The zero-order chi connectivity index (χ0) is 16.4. The minimum atomic E-state index is -3.94. The molecule has 0 amide bonds. The lowest BCUT2D eigenvalue weighted by Gasteiger charge is -2.05. The lowest BCUT2D eigenvalue weighted by Crippen LogP contribution is -2.14. The molecule has 1 unspecified atom stereocenters. The standard InChI is InChI=1S/C11H13NO4S.C6H4/c1-8(7-17(13,14)15)6-11-12-9-4-2-3-5-10(9)16-11;1-2-5-4-6(5)3-1/h2-5,8H,6-7H2,1H3,(H,13,14,15);1-4H. The molecule has 1 N–H and O–H groups in total. The van der Waals surface area contributed by atoms with Crippen LogP contribution in [0.4, 0.5) is 0 Å². The Morgan fingerprint density at radius 3 is 2.35 bits per heavy atom. The van der Waals surface area contributed by atoms with E-state index in [0.717, 1.165) is 5.52 Å². The van der Waals surface area contributed by atoms with Gasteiger partial charge in [-0.3, -0.25) is 4.55 Å². The van der Waals surface area contributed by atoms with Gasteiger partial charge in [0.2, 0.25) is 0 Å². The van der Waals surface area contributed by atoms with Crippen LogP contribution in [0.2, 0.25) is 0 Å². The molecule has 0 spiro atoms. The molecule has 2 aliphatic carbocycles. The highest BCUT2D eigenvalue weighted by molar-refractivity contribution is 7.85. The van der Waals surface area contributed by atoms with Crippen LogP contribution < -0.4 is 0 Å². The molecule has 2 aromatic rings. The Balaban J connectivity index is 0.000000213. The molecule has 0 saturated carbocycles. The highest BCUT2D eigenvalue weighted by Gasteiger charge is 2.16. The molecule has 0 saturated heterocycles. The van der Waals surface area contributed by atoms with E-state index in [9.17, 15) is 8.42 Å². The van der Waals surface area contributed by atoms with Gasteiger partial charge in [-0.2, -0.15) is 8.42 Å². The lowest BCUT2D eigenvalue weighted by molar-refractivity contribution is 0.450. The van der Waals surface area contributed by atoms with E-state index < -0.39 is 10.1 Å². The molecule has 23 heavy (non-hydrogen) atoms. The summed E-state index contributed by atoms with van der Waals surface area (Å²) in [6.07, 6.45) is 0.383. The van der Waals surface area contributed by atoms with Gasteiger partial charge in [-0.15, -0.1) is 0 Å². The van der Waals surface area contributed by atoms with E-state index in [4.69, 9.17) is 8.97 Å². The Morgan fingerprint density at radius 1 is 1.13 bits per heavy atom. The summed E-state index contributed by atoms with van der Waals surface area (Å²) in [4.78, 5) is 4.24. The van der Waals surface area contributed by atoms with Crippen molar-refractivity contribution in [2.24, 2.45) is 5.92 Å². The smallest absolute Gasteiger partial charge is 0.265 e. The van der Waals surface area contributed by atoms with Crippen molar-refractivity contribution in [3.63, 3.8) is 0 Å². The van der Waals surface area contributed by atoms with Gasteiger partial charge in [0.05, 0.1) is 5.75 Å². The summed E-state index contributed by atoms with van der Waals surface area (Å²) in [6.45, 7) is 1.72. The van der Waals surface area contributed by atoms with Crippen LogP contribution in [0, 0.1) is 5.92 Å². The van der Waals surface area contributed by atoms with Crippen LogP contribution in [-0.2, 0) is 16.5 Å². The van der Waals surface area contributed by atoms with Crippen LogP contribution in [0.15, 0.2) is 52.9 Å². The quantitative estimate of drug-likeness (QED) is 0.578. The van der Waals surface area contributed by atoms with Crippen molar-refractivity contribution in [2.75, 3.05) is 5.75 Å². The van der Waals surface area contributed by atoms with E-state index in [2.05, 4.69) is 29.2 Å². The third kappa shape index (κ3) is 4.40. The average molecular weight is 331 g/mol. The second kappa shape index (κ2) is 6.14. The zero-order valence-electron chi connectivity index (χ0n) is 12.6. The number of aromatic nitrogens is 1. The maximum absolute atomic E-state index is 10.7. The first-order valence-electron chi connectivity index (χ1n) is 7.31.